The van der Waals surface area contributed by atoms with Gasteiger partial charge in [0.1, 0.15) is 5.82 Å². The van der Waals surface area contributed by atoms with Crippen LogP contribution in [0.15, 0.2) is 28.9 Å². The lowest BCUT2D eigenvalue weighted by atomic mass is 10.2. The SMILES string of the molecule is Cc1cn(-c2ccc(Br)c(F)c2)c(NCC(C)C)n1. The van der Waals surface area contributed by atoms with Gasteiger partial charge in [-0.1, -0.05) is 13.8 Å². The smallest absolute Gasteiger partial charge is 0.207 e. The zero-order valence-electron chi connectivity index (χ0n) is 11.2. The molecule has 0 spiro atoms. The molecule has 0 aliphatic rings. The number of nitrogens with zero attached hydrogens (tertiary/aromatic N) is 2. The van der Waals surface area contributed by atoms with Crippen LogP contribution in [0.5, 0.6) is 0 Å². The minimum absolute atomic E-state index is 0.279. The van der Waals surface area contributed by atoms with Crippen molar-refractivity contribution in [1.29, 1.82) is 0 Å². The number of hydrogen-bond donors (Lipinski definition) is 1. The van der Waals surface area contributed by atoms with Gasteiger partial charge in [-0.2, -0.15) is 0 Å². The summed E-state index contributed by atoms with van der Waals surface area (Å²) in [7, 11) is 0. The Morgan fingerprint density at radius 2 is 2.16 bits per heavy atom. The molecule has 0 fully saturated rings. The Kier molecular flexibility index (Phi) is 4.24. The first-order valence-corrected chi connectivity index (χ1v) is 7.02. The monoisotopic (exact) mass is 325 g/mol. The van der Waals surface area contributed by atoms with Crippen LogP contribution >= 0.6 is 15.9 Å². The summed E-state index contributed by atoms with van der Waals surface area (Å²) < 4.78 is 15.9. The van der Waals surface area contributed by atoms with Gasteiger partial charge in [-0.05, 0) is 47.0 Å². The van der Waals surface area contributed by atoms with Crippen LogP contribution in [0.1, 0.15) is 19.5 Å². The van der Waals surface area contributed by atoms with Gasteiger partial charge in [-0.25, -0.2) is 9.37 Å². The average molecular weight is 326 g/mol. The molecule has 1 N–H and O–H groups in total. The van der Waals surface area contributed by atoms with Crippen molar-refractivity contribution in [1.82, 2.24) is 9.55 Å². The Balaban J connectivity index is 2.35. The van der Waals surface area contributed by atoms with Crippen LogP contribution in [0.25, 0.3) is 5.69 Å². The Morgan fingerprint density at radius 1 is 1.42 bits per heavy atom. The summed E-state index contributed by atoms with van der Waals surface area (Å²) in [6.07, 6.45) is 1.89. The van der Waals surface area contributed by atoms with E-state index in [1.54, 1.807) is 6.07 Å². The van der Waals surface area contributed by atoms with Crippen molar-refractivity contribution < 1.29 is 4.39 Å². The molecular formula is C14H17BrFN3. The quantitative estimate of drug-likeness (QED) is 0.915. The van der Waals surface area contributed by atoms with E-state index in [4.69, 9.17) is 0 Å². The topological polar surface area (TPSA) is 29.9 Å². The normalized spacial score (nSPS) is 11.1. The second-order valence-electron chi connectivity index (χ2n) is 4.95. The molecule has 0 aliphatic carbocycles. The van der Waals surface area contributed by atoms with Crippen LogP contribution < -0.4 is 5.32 Å². The minimum Gasteiger partial charge on any atom is -0.355 e. The van der Waals surface area contributed by atoms with Crippen molar-refractivity contribution >= 4 is 21.9 Å². The van der Waals surface area contributed by atoms with Crippen molar-refractivity contribution in [2.45, 2.75) is 20.8 Å². The molecule has 2 aromatic rings. The van der Waals surface area contributed by atoms with E-state index >= 15 is 0 Å². The average Bonchev–Trinajstić information content (AvgIpc) is 2.71. The Labute approximate surface area is 121 Å². The lowest BCUT2D eigenvalue weighted by molar-refractivity contribution is 0.620. The highest BCUT2D eigenvalue weighted by Gasteiger charge is 2.09. The molecule has 0 saturated heterocycles. The molecule has 0 aliphatic heterocycles. The Hall–Kier alpha value is -1.36. The van der Waals surface area contributed by atoms with Gasteiger partial charge in [0.25, 0.3) is 0 Å². The number of hydrogen-bond acceptors (Lipinski definition) is 2. The van der Waals surface area contributed by atoms with Gasteiger partial charge in [0.05, 0.1) is 15.9 Å². The largest absolute Gasteiger partial charge is 0.355 e. The Morgan fingerprint density at radius 3 is 2.79 bits per heavy atom. The van der Waals surface area contributed by atoms with Gasteiger partial charge >= 0.3 is 0 Å². The molecular weight excluding hydrogens is 309 g/mol. The van der Waals surface area contributed by atoms with Crippen molar-refractivity contribution in [2.75, 3.05) is 11.9 Å². The first-order valence-electron chi connectivity index (χ1n) is 6.22. The van der Waals surface area contributed by atoms with Gasteiger partial charge < -0.3 is 5.32 Å². The zero-order chi connectivity index (χ0) is 14.0. The van der Waals surface area contributed by atoms with Gasteiger partial charge in [0.15, 0.2) is 0 Å². The summed E-state index contributed by atoms with van der Waals surface area (Å²) >= 11 is 3.16. The predicted octanol–water partition coefficient (Wildman–Crippen LogP) is 4.15. The van der Waals surface area contributed by atoms with Gasteiger partial charge in [0, 0.05) is 12.7 Å². The third kappa shape index (κ3) is 3.35. The highest BCUT2D eigenvalue weighted by Crippen LogP contribution is 2.22. The highest BCUT2D eigenvalue weighted by molar-refractivity contribution is 9.10. The lowest BCUT2D eigenvalue weighted by Crippen LogP contribution is -2.12. The second-order valence-corrected chi connectivity index (χ2v) is 5.80. The van der Waals surface area contributed by atoms with Gasteiger partial charge in [-0.15, -0.1) is 0 Å². The van der Waals surface area contributed by atoms with Crippen molar-refractivity contribution in [3.8, 4) is 5.69 Å². The molecule has 1 aromatic carbocycles. The summed E-state index contributed by atoms with van der Waals surface area (Å²) in [5.74, 6) is 0.985. The molecule has 1 aromatic heterocycles. The standard InChI is InChI=1S/C14H17BrFN3/c1-9(2)7-17-14-18-10(3)8-19(14)11-4-5-12(15)13(16)6-11/h4-6,8-9H,7H2,1-3H3,(H,17,18). The summed E-state index contributed by atoms with van der Waals surface area (Å²) in [6, 6.07) is 5.05. The predicted molar refractivity (Wildman–Crippen MR) is 79.3 cm³/mol. The molecule has 0 saturated carbocycles. The summed E-state index contributed by atoms with van der Waals surface area (Å²) in [6.45, 7) is 7.01. The van der Waals surface area contributed by atoms with Crippen molar-refractivity contribution in [3.05, 3.63) is 40.4 Å². The van der Waals surface area contributed by atoms with Crippen LogP contribution in [0.4, 0.5) is 10.3 Å². The fourth-order valence-corrected chi connectivity index (χ4v) is 2.00. The molecule has 5 heteroatoms. The first kappa shape index (κ1) is 14.1. The summed E-state index contributed by atoms with van der Waals surface area (Å²) in [4.78, 5) is 4.43. The number of anilines is 1. The van der Waals surface area contributed by atoms with E-state index in [9.17, 15) is 4.39 Å². The maximum Gasteiger partial charge on any atom is 0.207 e. The number of benzene rings is 1. The number of imidazole rings is 1. The second kappa shape index (κ2) is 5.74. The third-order valence-corrected chi connectivity index (χ3v) is 3.32. The van der Waals surface area contributed by atoms with Crippen molar-refractivity contribution in [3.63, 3.8) is 0 Å². The van der Waals surface area contributed by atoms with E-state index < -0.39 is 0 Å². The minimum atomic E-state index is -0.279. The van der Waals surface area contributed by atoms with Crippen LogP contribution in [0, 0.1) is 18.7 Å². The van der Waals surface area contributed by atoms with Gasteiger partial charge in [-0.3, -0.25) is 4.57 Å². The molecule has 2 rings (SSSR count). The van der Waals surface area contributed by atoms with Crippen LogP contribution in [-0.4, -0.2) is 16.1 Å². The lowest BCUT2D eigenvalue weighted by Gasteiger charge is -2.11. The van der Waals surface area contributed by atoms with E-state index in [1.807, 2.05) is 23.8 Å². The zero-order valence-corrected chi connectivity index (χ0v) is 12.8. The highest BCUT2D eigenvalue weighted by atomic mass is 79.9. The number of rotatable bonds is 4. The maximum absolute atomic E-state index is 13.6. The molecule has 0 amide bonds. The van der Waals surface area contributed by atoms with E-state index in [-0.39, 0.29) is 5.82 Å². The maximum atomic E-state index is 13.6. The molecule has 0 radical (unpaired) electrons. The fourth-order valence-electron chi connectivity index (χ4n) is 1.75. The molecule has 0 atom stereocenters. The van der Waals surface area contributed by atoms with E-state index in [0.29, 0.717) is 10.4 Å². The molecule has 0 bridgehead atoms. The molecule has 102 valence electrons. The first-order chi connectivity index (χ1) is 8.97. The van der Waals surface area contributed by atoms with Crippen LogP contribution in [0.3, 0.4) is 0 Å². The van der Waals surface area contributed by atoms with E-state index in [1.165, 1.54) is 6.07 Å². The van der Waals surface area contributed by atoms with Crippen molar-refractivity contribution in [2.24, 2.45) is 5.92 Å². The van der Waals surface area contributed by atoms with E-state index in [2.05, 4.69) is 40.1 Å². The number of nitrogens with one attached hydrogen (secondary N) is 1. The fraction of sp³-hybridized carbons (Fsp3) is 0.357. The van der Waals surface area contributed by atoms with Gasteiger partial charge in [0.2, 0.25) is 5.95 Å². The third-order valence-electron chi connectivity index (χ3n) is 2.68. The molecule has 1 heterocycles. The molecule has 3 nitrogen and oxygen atoms in total. The van der Waals surface area contributed by atoms with Crippen LogP contribution in [0.2, 0.25) is 0 Å². The molecule has 19 heavy (non-hydrogen) atoms. The Bertz CT molecular complexity index is 578. The number of halogens is 2. The number of aryl methyl sites for hydroxylation is 1. The van der Waals surface area contributed by atoms with Crippen LogP contribution in [-0.2, 0) is 0 Å². The number of aromatic nitrogens is 2. The molecule has 0 unspecified atom stereocenters. The summed E-state index contributed by atoms with van der Waals surface area (Å²) in [5, 5.41) is 3.28. The summed E-state index contributed by atoms with van der Waals surface area (Å²) in [5.41, 5.74) is 1.65. The van der Waals surface area contributed by atoms with E-state index in [0.717, 1.165) is 23.9 Å².